The molecule has 0 amide bonds. The van der Waals surface area contributed by atoms with E-state index in [9.17, 15) is 14.0 Å². The predicted molar refractivity (Wildman–Crippen MR) is 69.1 cm³/mol. The van der Waals surface area contributed by atoms with Crippen LogP contribution in [-0.4, -0.2) is 44.7 Å². The molecule has 0 aromatic carbocycles. The number of hydrogen-bond acceptors (Lipinski definition) is 3. The molecule has 0 aliphatic rings. The van der Waals surface area contributed by atoms with Crippen molar-refractivity contribution in [1.82, 2.24) is 0 Å². The van der Waals surface area contributed by atoms with E-state index in [0.717, 1.165) is 18.5 Å². The number of rotatable bonds is 7. The van der Waals surface area contributed by atoms with Crippen molar-refractivity contribution in [2.24, 2.45) is 0 Å². The summed E-state index contributed by atoms with van der Waals surface area (Å²) < 4.78 is 22.3. The molecule has 0 heterocycles. The molecule has 9 heteroatoms. The van der Waals surface area contributed by atoms with E-state index < -0.39 is 27.9 Å². The third-order valence-corrected chi connectivity index (χ3v) is 12.7. The molecule has 0 saturated carbocycles. The molecule has 6 nitrogen and oxygen atoms in total. The van der Waals surface area contributed by atoms with E-state index in [0.29, 0.717) is 0 Å². The van der Waals surface area contributed by atoms with Gasteiger partial charge in [-0.3, -0.25) is 4.57 Å². The highest BCUT2D eigenvalue weighted by molar-refractivity contribution is 7.79. The molecule has 3 N–H and O–H groups in total. The van der Waals surface area contributed by atoms with Gasteiger partial charge >= 0.3 is 7.60 Å². The van der Waals surface area contributed by atoms with Crippen LogP contribution in [0.3, 0.4) is 0 Å². The SMILES string of the molecule is CC[P+](CC)(CC)CC(P(=O)([O-])O)P(=O)(O)O. The van der Waals surface area contributed by atoms with E-state index >= 15 is 0 Å². The summed E-state index contributed by atoms with van der Waals surface area (Å²) in [7, 11) is -11.6. The van der Waals surface area contributed by atoms with Gasteiger partial charge in [0.15, 0.2) is 13.0 Å². The van der Waals surface area contributed by atoms with Gasteiger partial charge in [0.2, 0.25) is 0 Å². The minimum atomic E-state index is -5.02. The normalized spacial score (nSPS) is 18.8. The van der Waals surface area contributed by atoms with Gasteiger partial charge in [0.05, 0.1) is 24.6 Å². The second-order valence-corrected chi connectivity index (χ2v) is 13.0. The molecule has 0 fully saturated rings. The molecule has 104 valence electrons. The van der Waals surface area contributed by atoms with Crippen LogP contribution < -0.4 is 4.89 Å². The van der Waals surface area contributed by atoms with Gasteiger partial charge in [0.1, 0.15) is 0 Å². The van der Waals surface area contributed by atoms with Gasteiger partial charge < -0.3 is 24.1 Å². The van der Waals surface area contributed by atoms with Crippen LogP contribution in [0, 0.1) is 0 Å². The topological polar surface area (TPSA) is 118 Å². The third-order valence-electron chi connectivity index (χ3n) is 3.33. The van der Waals surface area contributed by atoms with Crippen LogP contribution in [0.5, 0.6) is 0 Å². The quantitative estimate of drug-likeness (QED) is 0.606. The molecule has 0 bridgehead atoms. The molecule has 0 saturated heterocycles. The summed E-state index contributed by atoms with van der Waals surface area (Å²) >= 11 is 0. The van der Waals surface area contributed by atoms with Crippen molar-refractivity contribution in [1.29, 1.82) is 0 Å². The standard InChI is InChI=1S/C8H21O6P3/c1-4-15(5-2,6-3)7-8(16(9,10)11)17(12,13)14/h8H,4-7H2,1-3H3,(H3-,9,10,11,12,13,14). The molecule has 2 unspecified atom stereocenters. The van der Waals surface area contributed by atoms with Crippen molar-refractivity contribution >= 4 is 22.5 Å². The highest BCUT2D eigenvalue weighted by Crippen LogP contribution is 2.68. The molecular weight excluding hydrogens is 285 g/mol. The maximum atomic E-state index is 11.2. The first kappa shape index (κ1) is 17.7. The first-order valence-electron chi connectivity index (χ1n) is 5.46. The summed E-state index contributed by atoms with van der Waals surface area (Å²) in [5, 5.41) is -1.94. The monoisotopic (exact) mass is 306 g/mol. The van der Waals surface area contributed by atoms with E-state index in [4.69, 9.17) is 14.7 Å². The Morgan fingerprint density at radius 3 is 1.59 bits per heavy atom. The fourth-order valence-corrected chi connectivity index (χ4v) is 9.89. The van der Waals surface area contributed by atoms with E-state index in [2.05, 4.69) is 0 Å². The molecule has 2 atom stereocenters. The molecule has 0 radical (unpaired) electrons. The zero-order chi connectivity index (χ0) is 13.9. The molecule has 0 spiro atoms. The zero-order valence-electron chi connectivity index (χ0n) is 10.3. The third kappa shape index (κ3) is 5.08. The summed E-state index contributed by atoms with van der Waals surface area (Å²) in [6, 6.07) is 0. The van der Waals surface area contributed by atoms with E-state index in [1.165, 1.54) is 0 Å². The number of hydrogen-bond donors (Lipinski definition) is 3. The second-order valence-electron chi connectivity index (χ2n) is 4.11. The van der Waals surface area contributed by atoms with Gasteiger partial charge in [-0.15, -0.1) is 0 Å². The lowest BCUT2D eigenvalue weighted by atomic mass is 10.9. The summed E-state index contributed by atoms with van der Waals surface area (Å²) in [6.07, 6.45) is 2.06. The van der Waals surface area contributed by atoms with Crippen molar-refractivity contribution in [3.8, 4) is 0 Å². The van der Waals surface area contributed by atoms with Crippen LogP contribution in [0.15, 0.2) is 0 Å². The zero-order valence-corrected chi connectivity index (χ0v) is 13.0. The van der Waals surface area contributed by atoms with Crippen molar-refractivity contribution < 1.29 is 28.7 Å². The van der Waals surface area contributed by atoms with Crippen LogP contribution in [-0.2, 0) is 9.13 Å². The van der Waals surface area contributed by atoms with Crippen LogP contribution in [0.2, 0.25) is 0 Å². The first-order valence-corrected chi connectivity index (χ1v) is 11.3. The smallest absolute Gasteiger partial charge is 0.340 e. The summed E-state index contributed by atoms with van der Waals surface area (Å²) in [5.74, 6) is 0. The van der Waals surface area contributed by atoms with E-state index in [1.54, 1.807) is 0 Å². The Kier molecular flexibility index (Phi) is 6.52. The van der Waals surface area contributed by atoms with Gasteiger partial charge in [-0.05, 0) is 20.8 Å². The molecule has 0 rings (SSSR count). The maximum absolute atomic E-state index is 11.2. The summed E-state index contributed by atoms with van der Waals surface area (Å²) in [4.78, 5) is 38.2. The fourth-order valence-electron chi connectivity index (χ4n) is 1.80. The Morgan fingerprint density at radius 1 is 1.06 bits per heavy atom. The van der Waals surface area contributed by atoms with Gasteiger partial charge in [-0.2, -0.15) is 0 Å². The Bertz CT molecular complexity index is 298. The summed E-state index contributed by atoms with van der Waals surface area (Å²) in [5.41, 5.74) is 0. The average Bonchev–Trinajstić information content (AvgIpc) is 2.17. The van der Waals surface area contributed by atoms with Gasteiger partial charge in [-0.1, -0.05) is 0 Å². The molecule has 0 aliphatic heterocycles. The first-order chi connectivity index (χ1) is 7.52. The Hall–Kier alpha value is 0.730. The Labute approximate surface area is 102 Å². The predicted octanol–water partition coefficient (Wildman–Crippen LogP) is 1.11. The van der Waals surface area contributed by atoms with Crippen molar-refractivity contribution in [3.63, 3.8) is 0 Å². The lowest BCUT2D eigenvalue weighted by Crippen LogP contribution is -2.25. The minimum absolute atomic E-state index is 0.0992. The molecule has 17 heavy (non-hydrogen) atoms. The van der Waals surface area contributed by atoms with Crippen LogP contribution in [0.25, 0.3) is 0 Å². The largest absolute Gasteiger partial charge is 0.778 e. The lowest BCUT2D eigenvalue weighted by molar-refractivity contribution is -0.194. The molecule has 0 aliphatic carbocycles. The van der Waals surface area contributed by atoms with Crippen molar-refractivity contribution in [2.75, 3.05) is 24.6 Å². The minimum Gasteiger partial charge on any atom is -0.778 e. The van der Waals surface area contributed by atoms with Gasteiger partial charge in [0, 0.05) is 7.26 Å². The molecule has 0 aromatic rings. The van der Waals surface area contributed by atoms with E-state index in [-0.39, 0.29) is 6.16 Å². The average molecular weight is 306 g/mol. The van der Waals surface area contributed by atoms with Gasteiger partial charge in [-0.25, -0.2) is 0 Å². The lowest BCUT2D eigenvalue weighted by Gasteiger charge is -2.33. The Balaban J connectivity index is 5.27. The fraction of sp³-hybridized carbons (Fsp3) is 1.00. The van der Waals surface area contributed by atoms with Crippen LogP contribution in [0.4, 0.5) is 0 Å². The van der Waals surface area contributed by atoms with Gasteiger partial charge in [0.25, 0.3) is 0 Å². The molecular formula is C8H21O6P3. The van der Waals surface area contributed by atoms with Crippen molar-refractivity contribution in [2.45, 2.75) is 26.2 Å². The van der Waals surface area contributed by atoms with Crippen molar-refractivity contribution in [3.05, 3.63) is 0 Å². The highest BCUT2D eigenvalue weighted by Gasteiger charge is 2.46. The maximum Gasteiger partial charge on any atom is 0.340 e. The summed E-state index contributed by atoms with van der Waals surface area (Å²) in [6.45, 7) is 5.68. The van der Waals surface area contributed by atoms with E-state index in [1.807, 2.05) is 20.8 Å². The highest BCUT2D eigenvalue weighted by atomic mass is 31.2. The Morgan fingerprint density at radius 2 is 1.41 bits per heavy atom. The van der Waals surface area contributed by atoms with Crippen LogP contribution >= 0.6 is 22.5 Å². The second kappa shape index (κ2) is 6.25. The molecule has 0 aromatic heterocycles. The van der Waals surface area contributed by atoms with Crippen LogP contribution in [0.1, 0.15) is 20.8 Å².